The lowest BCUT2D eigenvalue weighted by Gasteiger charge is -2.42. The van der Waals surface area contributed by atoms with Crippen LogP contribution in [0.25, 0.3) is 32.2 Å². The molecule has 0 radical (unpaired) electrons. The van der Waals surface area contributed by atoms with Crippen LogP contribution in [-0.2, 0) is 4.79 Å². The minimum absolute atomic E-state index is 0.0366. The number of aromatic nitrogens is 3. The number of ether oxygens (including phenoxy) is 1. The summed E-state index contributed by atoms with van der Waals surface area (Å²) in [5.41, 5.74) is 6.65. The van der Waals surface area contributed by atoms with Crippen LogP contribution in [0.5, 0.6) is 6.01 Å². The Kier molecular flexibility index (Phi) is 6.87. The van der Waals surface area contributed by atoms with Crippen LogP contribution < -0.4 is 20.7 Å². The van der Waals surface area contributed by atoms with E-state index in [4.69, 9.17) is 27.1 Å². The molecule has 1 aliphatic carbocycles. The Labute approximate surface area is 290 Å². The lowest BCUT2D eigenvalue weighted by molar-refractivity contribution is -0.134. The van der Waals surface area contributed by atoms with Crippen LogP contribution in [0, 0.1) is 17.6 Å². The minimum Gasteiger partial charge on any atom is -0.461 e. The molecule has 7 heterocycles. The number of nitrogen functional groups attached to an aromatic ring is 1. The minimum atomic E-state index is -0.653. The van der Waals surface area contributed by atoms with E-state index in [1.54, 1.807) is 6.07 Å². The smallest absolute Gasteiger partial charge is 0.319 e. The van der Waals surface area contributed by atoms with Crippen molar-refractivity contribution >= 4 is 60.9 Å². The molecule has 2 aromatic carbocycles. The zero-order chi connectivity index (χ0) is 33.2. The standard InChI is InChI=1S/C35H37ClF2N8O2S/c36-22-13-21-27(25(38)24(22)20-7-8-23(37)30-28(20)41-33(39)49-30)42-34(48-16-35-9-1-11-45(35)12-2-10-35)43-31(21)44-14-18-5-6-19(15-44)46(18)32(47)29-26(40-29)17-3-4-17/h7-8,13,17-19,26,29,40H,1-6,9-12,14-16H2,(H2,39,41)/t18?,19?,26-,29+/m1/s1. The van der Waals surface area contributed by atoms with Gasteiger partial charge in [-0.2, -0.15) is 9.97 Å². The van der Waals surface area contributed by atoms with E-state index in [9.17, 15) is 9.18 Å². The molecule has 5 aliphatic heterocycles. The van der Waals surface area contributed by atoms with Gasteiger partial charge in [-0.15, -0.1) is 0 Å². The molecule has 49 heavy (non-hydrogen) atoms. The predicted octanol–water partition coefficient (Wildman–Crippen LogP) is 5.36. The molecular weight excluding hydrogens is 670 g/mol. The Morgan fingerprint density at radius 3 is 2.55 bits per heavy atom. The summed E-state index contributed by atoms with van der Waals surface area (Å²) in [6.07, 6.45) is 8.59. The number of piperazine rings is 1. The number of carbonyl (C=O) groups is 1. The molecule has 3 N–H and O–H groups in total. The van der Waals surface area contributed by atoms with Crippen molar-refractivity contribution in [1.82, 2.24) is 30.1 Å². The van der Waals surface area contributed by atoms with E-state index < -0.39 is 11.6 Å². The molecule has 4 aromatic rings. The number of carbonyl (C=O) groups excluding carboxylic acids is 1. The van der Waals surface area contributed by atoms with Gasteiger partial charge in [0.25, 0.3) is 0 Å². The summed E-state index contributed by atoms with van der Waals surface area (Å²) >= 11 is 7.92. The zero-order valence-corrected chi connectivity index (χ0v) is 28.5. The van der Waals surface area contributed by atoms with Crippen molar-refractivity contribution in [1.29, 1.82) is 0 Å². The van der Waals surface area contributed by atoms with Crippen molar-refractivity contribution in [3.05, 3.63) is 34.9 Å². The van der Waals surface area contributed by atoms with Gasteiger partial charge in [-0.25, -0.2) is 13.8 Å². The number of thiazole rings is 1. The Morgan fingerprint density at radius 2 is 1.82 bits per heavy atom. The second-order valence-electron chi connectivity index (χ2n) is 14.8. The second-order valence-corrected chi connectivity index (χ2v) is 16.3. The first kappa shape index (κ1) is 30.4. The first-order chi connectivity index (χ1) is 23.8. The van der Waals surface area contributed by atoms with Crippen molar-refractivity contribution in [2.24, 2.45) is 5.92 Å². The summed E-state index contributed by atoms with van der Waals surface area (Å²) < 4.78 is 38.4. The molecule has 4 atom stereocenters. The highest BCUT2D eigenvalue weighted by molar-refractivity contribution is 7.22. The van der Waals surface area contributed by atoms with Crippen molar-refractivity contribution in [3.8, 4) is 17.1 Å². The summed E-state index contributed by atoms with van der Waals surface area (Å²) in [7, 11) is 0. The maximum absolute atomic E-state index is 17.0. The topological polar surface area (TPSA) is 123 Å². The Morgan fingerprint density at radius 1 is 1.06 bits per heavy atom. The fourth-order valence-electron chi connectivity index (χ4n) is 9.40. The van der Waals surface area contributed by atoms with Gasteiger partial charge >= 0.3 is 6.01 Å². The van der Waals surface area contributed by atoms with E-state index in [1.807, 2.05) is 0 Å². The lowest BCUT2D eigenvalue weighted by atomic mass is 9.95. The predicted molar refractivity (Wildman–Crippen MR) is 185 cm³/mol. The van der Waals surface area contributed by atoms with Gasteiger partial charge in [-0.1, -0.05) is 22.9 Å². The number of hydrogen-bond donors (Lipinski definition) is 2. The van der Waals surface area contributed by atoms with Gasteiger partial charge in [0.1, 0.15) is 29.8 Å². The molecule has 1 saturated carbocycles. The van der Waals surface area contributed by atoms with Gasteiger partial charge in [-0.3, -0.25) is 15.0 Å². The maximum atomic E-state index is 17.0. The zero-order valence-electron chi connectivity index (χ0n) is 26.9. The van der Waals surface area contributed by atoms with E-state index in [0.29, 0.717) is 48.4 Å². The van der Waals surface area contributed by atoms with Crippen LogP contribution in [-0.4, -0.2) is 93.2 Å². The molecule has 5 saturated heterocycles. The third kappa shape index (κ3) is 4.82. The number of rotatable bonds is 7. The fourth-order valence-corrected chi connectivity index (χ4v) is 10.5. The Bertz CT molecular complexity index is 2020. The molecule has 2 aromatic heterocycles. The first-order valence-corrected chi connectivity index (χ1v) is 18.7. The number of halogens is 3. The number of nitrogens with one attached hydrogen (secondary N) is 1. The molecule has 6 aliphatic rings. The van der Waals surface area contributed by atoms with Crippen molar-refractivity contribution in [2.75, 3.05) is 43.4 Å². The summed E-state index contributed by atoms with van der Waals surface area (Å²) in [6.45, 7) is 3.69. The second kappa shape index (κ2) is 11.1. The number of anilines is 2. The number of benzene rings is 2. The highest BCUT2D eigenvalue weighted by Crippen LogP contribution is 2.46. The van der Waals surface area contributed by atoms with Crippen LogP contribution in [0.1, 0.15) is 51.4 Å². The molecule has 2 unspecified atom stereocenters. The third-order valence-electron chi connectivity index (χ3n) is 12.0. The molecule has 256 valence electrons. The van der Waals surface area contributed by atoms with E-state index >= 15 is 4.39 Å². The molecule has 2 bridgehead atoms. The molecule has 1 amide bonds. The molecular formula is C35H37ClF2N8O2S. The molecule has 0 spiro atoms. The van der Waals surface area contributed by atoms with Crippen LogP contribution in [0.3, 0.4) is 0 Å². The number of fused-ring (bicyclic) bond motifs is 5. The van der Waals surface area contributed by atoms with E-state index in [1.165, 1.54) is 25.0 Å². The summed E-state index contributed by atoms with van der Waals surface area (Å²) in [6, 6.07) is 4.91. The van der Waals surface area contributed by atoms with Crippen LogP contribution in [0.15, 0.2) is 18.2 Å². The highest BCUT2D eigenvalue weighted by atomic mass is 35.5. The Hall–Kier alpha value is -3.39. The molecule has 14 heteroatoms. The SMILES string of the molecule is Nc1nc2c(-c3c(Cl)cc4c(N5CC6CCC(C5)N6C(=O)[C@H]5N[C@@H]5C5CC5)nc(OCC56CCCN5CCC6)nc4c3F)ccc(F)c2s1. The van der Waals surface area contributed by atoms with Gasteiger partial charge in [0.05, 0.1) is 20.8 Å². The maximum Gasteiger partial charge on any atom is 0.319 e. The number of amides is 1. The average molecular weight is 707 g/mol. The molecule has 10 nitrogen and oxygen atoms in total. The lowest BCUT2D eigenvalue weighted by Crippen LogP contribution is -2.57. The Balaban J connectivity index is 1.05. The number of hydrogen-bond acceptors (Lipinski definition) is 10. The van der Waals surface area contributed by atoms with Crippen molar-refractivity contribution in [2.45, 2.75) is 81.1 Å². The number of nitrogens with two attached hydrogens (primary N) is 1. The van der Waals surface area contributed by atoms with Crippen LogP contribution in [0.2, 0.25) is 5.02 Å². The van der Waals surface area contributed by atoms with Gasteiger partial charge in [0.15, 0.2) is 10.9 Å². The van der Waals surface area contributed by atoms with E-state index in [-0.39, 0.29) is 67.0 Å². The fraction of sp³-hybridized carbons (Fsp3) is 0.543. The third-order valence-corrected chi connectivity index (χ3v) is 13.1. The molecule has 10 rings (SSSR count). The summed E-state index contributed by atoms with van der Waals surface area (Å²) in [5.74, 6) is 0.267. The normalized spacial score (nSPS) is 27.4. The quantitative estimate of drug-likeness (QED) is 0.245. The van der Waals surface area contributed by atoms with Gasteiger partial charge in [0, 0.05) is 47.7 Å². The summed E-state index contributed by atoms with van der Waals surface area (Å²) in [5, 5.41) is 4.22. The first-order valence-electron chi connectivity index (χ1n) is 17.5. The van der Waals surface area contributed by atoms with Gasteiger partial charge < -0.3 is 20.3 Å². The largest absolute Gasteiger partial charge is 0.461 e. The van der Waals surface area contributed by atoms with Crippen LogP contribution >= 0.6 is 22.9 Å². The summed E-state index contributed by atoms with van der Waals surface area (Å²) in [4.78, 5) is 34.4. The molecule has 6 fully saturated rings. The average Bonchev–Trinajstić information content (AvgIpc) is 3.93. The van der Waals surface area contributed by atoms with Gasteiger partial charge in [-0.05, 0) is 88.6 Å². The monoisotopic (exact) mass is 706 g/mol. The van der Waals surface area contributed by atoms with E-state index in [2.05, 4.69) is 30.0 Å². The van der Waals surface area contributed by atoms with Crippen LogP contribution in [0.4, 0.5) is 19.7 Å². The van der Waals surface area contributed by atoms with E-state index in [0.717, 1.165) is 63.0 Å². The number of nitrogens with zero attached hydrogens (tertiary/aromatic N) is 6. The van der Waals surface area contributed by atoms with Gasteiger partial charge in [0.2, 0.25) is 5.91 Å². The van der Waals surface area contributed by atoms with Crippen molar-refractivity contribution in [3.63, 3.8) is 0 Å². The highest BCUT2D eigenvalue weighted by Gasteiger charge is 2.55. The van der Waals surface area contributed by atoms with Crippen molar-refractivity contribution < 1.29 is 18.3 Å².